The average Bonchev–Trinajstić information content (AvgIpc) is 3.10. The maximum Gasteiger partial charge on any atom is 0.253 e. The molecule has 1 aliphatic rings. The first kappa shape index (κ1) is 22.2. The topological polar surface area (TPSA) is 89.3 Å². The van der Waals surface area contributed by atoms with E-state index in [2.05, 4.69) is 15.4 Å². The van der Waals surface area contributed by atoms with Crippen molar-refractivity contribution in [3.8, 4) is 11.6 Å². The van der Waals surface area contributed by atoms with E-state index in [0.29, 0.717) is 17.0 Å². The average molecular weight is 441 g/mol. The maximum absolute atomic E-state index is 15.0. The Morgan fingerprint density at radius 3 is 2.62 bits per heavy atom. The van der Waals surface area contributed by atoms with Crippen molar-refractivity contribution >= 4 is 16.8 Å². The van der Waals surface area contributed by atoms with Crippen LogP contribution < -0.4 is 10.1 Å². The molecular formula is C24H29FN4O3. The van der Waals surface area contributed by atoms with E-state index in [1.54, 1.807) is 7.11 Å². The predicted octanol–water partition coefficient (Wildman–Crippen LogP) is 3.94. The van der Waals surface area contributed by atoms with E-state index in [1.165, 1.54) is 16.9 Å². The van der Waals surface area contributed by atoms with Gasteiger partial charge in [-0.3, -0.25) is 4.79 Å². The number of hydrogen-bond donors (Lipinski definition) is 2. The number of carbonyl (C=O) groups excluding carboxylic acids is 1. The molecule has 0 aliphatic heterocycles. The first-order valence-corrected chi connectivity index (χ1v) is 10.9. The molecule has 0 atom stereocenters. The maximum atomic E-state index is 15.0. The molecule has 1 aromatic carbocycles. The van der Waals surface area contributed by atoms with Gasteiger partial charge in [0.2, 0.25) is 0 Å². The van der Waals surface area contributed by atoms with E-state index in [4.69, 9.17) is 4.74 Å². The van der Waals surface area contributed by atoms with Crippen LogP contribution in [0.25, 0.3) is 16.7 Å². The Kier molecular flexibility index (Phi) is 5.90. The van der Waals surface area contributed by atoms with Gasteiger partial charge in [0.25, 0.3) is 5.91 Å². The summed E-state index contributed by atoms with van der Waals surface area (Å²) in [5.74, 6) is -0.0750. The van der Waals surface area contributed by atoms with Gasteiger partial charge in [-0.15, -0.1) is 0 Å². The minimum Gasteiger partial charge on any atom is -0.496 e. The fourth-order valence-corrected chi connectivity index (χ4v) is 4.57. The number of nitrogens with one attached hydrogen (secondary N) is 1. The van der Waals surface area contributed by atoms with Crippen molar-refractivity contribution in [3.63, 3.8) is 0 Å². The SMILES string of the molecule is COc1cccc2c1c(C)nn2-c1ncc(C(=O)NC2CCC(C(C)(C)O)CC2)cc1F. The smallest absolute Gasteiger partial charge is 0.253 e. The number of methoxy groups -OCH3 is 1. The number of ether oxygens (including phenoxy) is 1. The van der Waals surface area contributed by atoms with Crippen molar-refractivity contribution in [2.75, 3.05) is 7.11 Å². The van der Waals surface area contributed by atoms with Crippen molar-refractivity contribution in [2.24, 2.45) is 5.92 Å². The number of halogens is 1. The number of pyridine rings is 1. The molecule has 7 nitrogen and oxygen atoms in total. The Balaban J connectivity index is 1.52. The van der Waals surface area contributed by atoms with E-state index in [9.17, 15) is 9.90 Å². The summed E-state index contributed by atoms with van der Waals surface area (Å²) >= 11 is 0. The molecule has 1 aliphatic carbocycles. The molecule has 2 N–H and O–H groups in total. The van der Waals surface area contributed by atoms with Crippen LogP contribution in [0.2, 0.25) is 0 Å². The van der Waals surface area contributed by atoms with Gasteiger partial charge in [-0.05, 0) is 70.6 Å². The number of hydrogen-bond acceptors (Lipinski definition) is 5. The van der Waals surface area contributed by atoms with Crippen LogP contribution in [0, 0.1) is 18.7 Å². The van der Waals surface area contributed by atoms with Gasteiger partial charge in [0, 0.05) is 12.2 Å². The normalized spacial score (nSPS) is 19.2. The number of amides is 1. The Morgan fingerprint density at radius 2 is 2.00 bits per heavy atom. The molecule has 1 saturated carbocycles. The molecular weight excluding hydrogens is 411 g/mol. The van der Waals surface area contributed by atoms with Crippen LogP contribution in [0.3, 0.4) is 0 Å². The second kappa shape index (κ2) is 8.50. The Hall–Kier alpha value is -3.00. The van der Waals surface area contributed by atoms with E-state index < -0.39 is 11.4 Å². The number of carbonyl (C=O) groups is 1. The molecule has 32 heavy (non-hydrogen) atoms. The van der Waals surface area contributed by atoms with Crippen molar-refractivity contribution in [1.82, 2.24) is 20.1 Å². The van der Waals surface area contributed by atoms with Gasteiger partial charge >= 0.3 is 0 Å². The van der Waals surface area contributed by atoms with Crippen LogP contribution >= 0.6 is 0 Å². The fourth-order valence-electron chi connectivity index (χ4n) is 4.57. The Morgan fingerprint density at radius 1 is 1.28 bits per heavy atom. The summed E-state index contributed by atoms with van der Waals surface area (Å²) < 4.78 is 21.8. The Labute approximate surface area is 186 Å². The number of rotatable bonds is 5. The molecule has 0 saturated heterocycles. The summed E-state index contributed by atoms with van der Waals surface area (Å²) in [6.45, 7) is 5.48. The van der Waals surface area contributed by atoms with Crippen LogP contribution in [-0.4, -0.2) is 44.5 Å². The number of aryl methyl sites for hydroxylation is 1. The summed E-state index contributed by atoms with van der Waals surface area (Å²) in [4.78, 5) is 16.9. The summed E-state index contributed by atoms with van der Waals surface area (Å²) in [5, 5.41) is 18.4. The quantitative estimate of drug-likeness (QED) is 0.627. The lowest BCUT2D eigenvalue weighted by Crippen LogP contribution is -2.41. The molecule has 2 aromatic heterocycles. The minimum absolute atomic E-state index is 0.00834. The number of benzene rings is 1. The minimum atomic E-state index is -0.711. The van der Waals surface area contributed by atoms with Gasteiger partial charge < -0.3 is 15.2 Å². The zero-order chi connectivity index (χ0) is 23.0. The van der Waals surface area contributed by atoms with E-state index in [0.717, 1.165) is 31.1 Å². The predicted molar refractivity (Wildman–Crippen MR) is 120 cm³/mol. The largest absolute Gasteiger partial charge is 0.496 e. The third-order valence-corrected chi connectivity index (χ3v) is 6.41. The molecule has 3 aromatic rings. The van der Waals surface area contributed by atoms with E-state index in [1.807, 2.05) is 39.0 Å². The molecule has 0 spiro atoms. The number of aromatic nitrogens is 3. The number of aliphatic hydroxyl groups is 1. The molecule has 2 heterocycles. The first-order valence-electron chi connectivity index (χ1n) is 10.9. The van der Waals surface area contributed by atoms with Gasteiger partial charge in [0.05, 0.1) is 34.9 Å². The summed E-state index contributed by atoms with van der Waals surface area (Å²) in [6.07, 6.45) is 4.63. The van der Waals surface area contributed by atoms with Gasteiger partial charge in [-0.1, -0.05) is 6.07 Å². The van der Waals surface area contributed by atoms with E-state index in [-0.39, 0.29) is 29.2 Å². The highest BCUT2D eigenvalue weighted by molar-refractivity contribution is 5.94. The second-order valence-corrected chi connectivity index (χ2v) is 9.06. The second-order valence-electron chi connectivity index (χ2n) is 9.06. The lowest BCUT2D eigenvalue weighted by Gasteiger charge is -2.36. The lowest BCUT2D eigenvalue weighted by atomic mass is 9.77. The highest BCUT2D eigenvalue weighted by atomic mass is 19.1. The fraction of sp³-hybridized carbons (Fsp3) is 0.458. The highest BCUT2D eigenvalue weighted by Gasteiger charge is 2.32. The van der Waals surface area contributed by atoms with Crippen molar-refractivity contribution < 1.29 is 19.0 Å². The lowest BCUT2D eigenvalue weighted by molar-refractivity contribution is -0.00257. The van der Waals surface area contributed by atoms with Gasteiger partial charge in [0.15, 0.2) is 11.6 Å². The van der Waals surface area contributed by atoms with Crippen molar-refractivity contribution in [1.29, 1.82) is 0 Å². The van der Waals surface area contributed by atoms with Crippen LogP contribution in [0.1, 0.15) is 55.6 Å². The van der Waals surface area contributed by atoms with Crippen molar-refractivity contribution in [3.05, 3.63) is 47.5 Å². The van der Waals surface area contributed by atoms with Gasteiger partial charge in [0.1, 0.15) is 5.75 Å². The van der Waals surface area contributed by atoms with Crippen LogP contribution in [0.4, 0.5) is 4.39 Å². The molecule has 8 heteroatoms. The molecule has 1 fully saturated rings. The van der Waals surface area contributed by atoms with Crippen LogP contribution in [0.5, 0.6) is 5.75 Å². The van der Waals surface area contributed by atoms with Crippen LogP contribution in [0.15, 0.2) is 30.5 Å². The third-order valence-electron chi connectivity index (χ3n) is 6.41. The molecule has 4 rings (SSSR count). The molecule has 170 valence electrons. The molecule has 0 bridgehead atoms. The van der Waals surface area contributed by atoms with Crippen molar-refractivity contribution in [2.45, 2.75) is 58.1 Å². The summed E-state index contributed by atoms with van der Waals surface area (Å²) in [7, 11) is 1.58. The Bertz CT molecular complexity index is 1140. The number of fused-ring (bicyclic) bond motifs is 1. The number of nitrogens with zero attached hydrogens (tertiary/aromatic N) is 3. The van der Waals surface area contributed by atoms with Gasteiger partial charge in [-0.25, -0.2) is 14.1 Å². The van der Waals surface area contributed by atoms with Crippen LogP contribution in [-0.2, 0) is 0 Å². The standard InChI is InChI=1S/C24H29FN4O3/c1-14-21-19(6-5-7-20(21)32-4)29(28-14)22-18(25)12-15(13-26-22)23(30)27-17-10-8-16(9-11-17)24(2,3)31/h5-7,12-13,16-17,31H,8-11H2,1-4H3,(H,27,30). The highest BCUT2D eigenvalue weighted by Crippen LogP contribution is 2.33. The summed E-state index contributed by atoms with van der Waals surface area (Å²) in [5.41, 5.74) is 0.828. The first-order chi connectivity index (χ1) is 15.2. The van der Waals surface area contributed by atoms with E-state index >= 15 is 4.39 Å². The third kappa shape index (κ3) is 4.19. The zero-order valence-electron chi connectivity index (χ0n) is 18.9. The molecule has 0 radical (unpaired) electrons. The zero-order valence-corrected chi connectivity index (χ0v) is 18.9. The molecule has 0 unspecified atom stereocenters. The monoisotopic (exact) mass is 440 g/mol. The van der Waals surface area contributed by atoms with Gasteiger partial charge in [-0.2, -0.15) is 5.10 Å². The summed E-state index contributed by atoms with van der Waals surface area (Å²) in [6, 6.07) is 6.67. The molecule has 1 amide bonds.